The van der Waals surface area contributed by atoms with Gasteiger partial charge in [0.25, 0.3) is 0 Å². The molecule has 1 atom stereocenters. The third-order valence-corrected chi connectivity index (χ3v) is 2.91. The normalized spacial score (nSPS) is 27.7. The number of alkyl halides is 1. The van der Waals surface area contributed by atoms with Crippen molar-refractivity contribution in [3.8, 4) is 0 Å². The van der Waals surface area contributed by atoms with Gasteiger partial charge in [0.1, 0.15) is 6.17 Å². The van der Waals surface area contributed by atoms with E-state index in [-0.39, 0.29) is 12.0 Å². The molecule has 4 nitrogen and oxygen atoms in total. The first-order valence-corrected chi connectivity index (χ1v) is 6.12. The quantitative estimate of drug-likeness (QED) is 0.778. The number of allylic oxidation sites excluding steroid dienone is 2. The number of nitrogens with two attached hydrogens (primary N) is 1. The van der Waals surface area contributed by atoms with E-state index in [0.29, 0.717) is 30.9 Å². The molecule has 0 saturated carbocycles. The largest absolute Gasteiger partial charge is 0.639 e. The van der Waals surface area contributed by atoms with Crippen molar-refractivity contribution in [2.75, 3.05) is 19.8 Å². The van der Waals surface area contributed by atoms with Crippen LogP contribution in [0, 0.1) is 5.41 Å². The van der Waals surface area contributed by atoms with Crippen LogP contribution in [0.4, 0.5) is 4.39 Å². The van der Waals surface area contributed by atoms with Crippen LogP contribution >= 0.6 is 0 Å². The third kappa shape index (κ3) is 3.57. The van der Waals surface area contributed by atoms with Crippen molar-refractivity contribution in [2.45, 2.75) is 26.4 Å². The van der Waals surface area contributed by atoms with E-state index in [0.717, 1.165) is 0 Å². The van der Waals surface area contributed by atoms with Crippen LogP contribution in [0.3, 0.4) is 0 Å². The first kappa shape index (κ1) is 13.6. The minimum atomic E-state index is -0.983. The Morgan fingerprint density at radius 2 is 2.17 bits per heavy atom. The molecule has 100 valence electrons. The molecule has 2 aliphatic rings. The Morgan fingerprint density at radius 3 is 2.83 bits per heavy atom. The highest BCUT2D eigenvalue weighted by Crippen LogP contribution is 2.23. The van der Waals surface area contributed by atoms with Crippen molar-refractivity contribution in [3.05, 3.63) is 23.4 Å². The molecule has 1 heterocycles. The molecule has 2 rings (SSSR count). The maximum Gasteiger partial charge on any atom is 0.639 e. The predicted octanol–water partition coefficient (Wildman–Crippen LogP) is 1.57. The van der Waals surface area contributed by atoms with E-state index in [2.05, 4.69) is 13.8 Å². The van der Waals surface area contributed by atoms with E-state index < -0.39 is 13.5 Å². The highest BCUT2D eigenvalue weighted by atomic mass is 19.1. The van der Waals surface area contributed by atoms with E-state index in [4.69, 9.17) is 19.7 Å². The fourth-order valence-corrected chi connectivity index (χ4v) is 1.82. The van der Waals surface area contributed by atoms with Gasteiger partial charge < -0.3 is 19.7 Å². The summed E-state index contributed by atoms with van der Waals surface area (Å²) in [5, 5.41) is 0. The Labute approximate surface area is 107 Å². The summed E-state index contributed by atoms with van der Waals surface area (Å²) < 4.78 is 29.5. The zero-order chi connectivity index (χ0) is 13.2. The summed E-state index contributed by atoms with van der Waals surface area (Å²) in [7, 11) is -0.688. The molecule has 0 aromatic carbocycles. The second kappa shape index (κ2) is 5.42. The predicted molar refractivity (Wildman–Crippen MR) is 67.3 cm³/mol. The van der Waals surface area contributed by atoms with Gasteiger partial charge in [-0.05, 0) is 11.6 Å². The van der Waals surface area contributed by atoms with Gasteiger partial charge in [-0.25, -0.2) is 4.39 Å². The van der Waals surface area contributed by atoms with Crippen LogP contribution in [-0.2, 0) is 14.0 Å². The van der Waals surface area contributed by atoms with Crippen molar-refractivity contribution >= 4 is 7.32 Å². The van der Waals surface area contributed by atoms with Crippen LogP contribution in [0.25, 0.3) is 0 Å². The Balaban J connectivity index is 1.80. The van der Waals surface area contributed by atoms with Crippen LogP contribution in [0.15, 0.2) is 23.4 Å². The smallest absolute Gasteiger partial charge is 0.399 e. The highest BCUT2D eigenvalue weighted by molar-refractivity contribution is 6.36. The molecule has 6 heteroatoms. The highest BCUT2D eigenvalue weighted by Gasteiger charge is 2.34. The minimum Gasteiger partial charge on any atom is -0.399 e. The van der Waals surface area contributed by atoms with Gasteiger partial charge in [0, 0.05) is 30.7 Å². The molecule has 0 amide bonds. The average Bonchev–Trinajstić information content (AvgIpc) is 2.32. The standard InChI is InChI=1S/C12H19BFNO3/c1-12(2)7-17-13(18-8-12)16-6-9-5-10(14)3-4-11(9)15/h4-5,10H,3,6-8,15H2,1-2H3. The van der Waals surface area contributed by atoms with Crippen LogP contribution in [0.2, 0.25) is 0 Å². The summed E-state index contributed by atoms with van der Waals surface area (Å²) in [6.45, 7) is 5.47. The maximum absolute atomic E-state index is 13.2. The summed E-state index contributed by atoms with van der Waals surface area (Å²) in [6, 6.07) is 0. The zero-order valence-electron chi connectivity index (χ0n) is 10.8. The van der Waals surface area contributed by atoms with E-state index in [1.807, 2.05) is 0 Å². The lowest BCUT2D eigenvalue weighted by atomic mass is 9.93. The SMILES string of the molecule is CC1(C)COB(OCC2=CC(F)CC=C2N)OC1. The summed E-state index contributed by atoms with van der Waals surface area (Å²) >= 11 is 0. The van der Waals surface area contributed by atoms with Gasteiger partial charge >= 0.3 is 7.32 Å². The fourth-order valence-electron chi connectivity index (χ4n) is 1.82. The Bertz CT molecular complexity index is 360. The average molecular weight is 255 g/mol. The molecule has 0 bridgehead atoms. The first-order valence-electron chi connectivity index (χ1n) is 6.12. The molecule has 2 N–H and O–H groups in total. The van der Waals surface area contributed by atoms with Crippen molar-refractivity contribution in [1.82, 2.24) is 0 Å². The van der Waals surface area contributed by atoms with Gasteiger partial charge in [0.15, 0.2) is 0 Å². The van der Waals surface area contributed by atoms with Crippen molar-refractivity contribution in [3.63, 3.8) is 0 Å². The van der Waals surface area contributed by atoms with E-state index in [1.54, 1.807) is 6.08 Å². The second-order valence-corrected chi connectivity index (χ2v) is 5.49. The lowest BCUT2D eigenvalue weighted by Crippen LogP contribution is -2.42. The molecule has 0 spiro atoms. The van der Waals surface area contributed by atoms with Gasteiger partial charge in [-0.2, -0.15) is 0 Å². The van der Waals surface area contributed by atoms with Crippen molar-refractivity contribution < 1.29 is 18.4 Å². The van der Waals surface area contributed by atoms with E-state index >= 15 is 0 Å². The lowest BCUT2D eigenvalue weighted by Gasteiger charge is -2.32. The van der Waals surface area contributed by atoms with Crippen LogP contribution < -0.4 is 5.73 Å². The number of hydrogen-bond donors (Lipinski definition) is 1. The van der Waals surface area contributed by atoms with Crippen LogP contribution in [0.5, 0.6) is 0 Å². The first-order chi connectivity index (χ1) is 8.46. The summed E-state index contributed by atoms with van der Waals surface area (Å²) in [4.78, 5) is 0. The molecule has 1 unspecified atom stereocenters. The van der Waals surface area contributed by atoms with Crippen LogP contribution in [-0.4, -0.2) is 33.3 Å². The monoisotopic (exact) mass is 255 g/mol. The van der Waals surface area contributed by atoms with Gasteiger partial charge in [-0.3, -0.25) is 0 Å². The molecule has 1 fully saturated rings. The molecule has 0 aromatic heterocycles. The molecule has 0 radical (unpaired) electrons. The third-order valence-electron chi connectivity index (χ3n) is 2.91. The molecular weight excluding hydrogens is 236 g/mol. The molecular formula is C12H19BFNO3. The van der Waals surface area contributed by atoms with Crippen molar-refractivity contribution in [1.29, 1.82) is 0 Å². The molecule has 1 saturated heterocycles. The van der Waals surface area contributed by atoms with Gasteiger partial charge in [-0.15, -0.1) is 0 Å². The van der Waals surface area contributed by atoms with Gasteiger partial charge in [0.05, 0.1) is 6.61 Å². The second-order valence-electron chi connectivity index (χ2n) is 5.49. The topological polar surface area (TPSA) is 53.7 Å². The Hall–Kier alpha value is -0.845. The lowest BCUT2D eigenvalue weighted by molar-refractivity contribution is -0.0161. The number of rotatable bonds is 3. The summed E-state index contributed by atoms with van der Waals surface area (Å²) in [5.74, 6) is 0. The fraction of sp³-hybridized carbons (Fsp3) is 0.667. The molecule has 0 aromatic rings. The van der Waals surface area contributed by atoms with Gasteiger partial charge in [0.2, 0.25) is 0 Å². The zero-order valence-corrected chi connectivity index (χ0v) is 10.8. The van der Waals surface area contributed by atoms with Gasteiger partial charge in [-0.1, -0.05) is 19.9 Å². The molecule has 1 aliphatic heterocycles. The Kier molecular flexibility index (Phi) is 4.09. The number of hydrogen-bond acceptors (Lipinski definition) is 4. The minimum absolute atomic E-state index is 0.00688. The molecule has 18 heavy (non-hydrogen) atoms. The Morgan fingerprint density at radius 1 is 1.50 bits per heavy atom. The van der Waals surface area contributed by atoms with Crippen molar-refractivity contribution in [2.24, 2.45) is 11.1 Å². The van der Waals surface area contributed by atoms with Crippen LogP contribution in [0.1, 0.15) is 20.3 Å². The van der Waals surface area contributed by atoms with E-state index in [1.165, 1.54) is 6.08 Å². The number of halogens is 1. The molecule has 1 aliphatic carbocycles. The maximum atomic E-state index is 13.2. The summed E-state index contributed by atoms with van der Waals surface area (Å²) in [6.07, 6.45) is 2.51. The van der Waals surface area contributed by atoms with E-state index in [9.17, 15) is 4.39 Å². The summed E-state index contributed by atoms with van der Waals surface area (Å²) in [5.41, 5.74) is 7.00.